The maximum Gasteiger partial charge on any atom is 0.412 e. The lowest BCUT2D eigenvalue weighted by atomic mass is 10.1. The van der Waals surface area contributed by atoms with Gasteiger partial charge in [-0.25, -0.2) is 4.79 Å². The second-order valence-corrected chi connectivity index (χ2v) is 9.18. The molecule has 1 atom stereocenters. The number of imide groups is 1. The summed E-state index contributed by atoms with van der Waals surface area (Å²) in [7, 11) is 1.67. The van der Waals surface area contributed by atoms with Crippen molar-refractivity contribution >= 4 is 29.3 Å². The number of nitrogens with zero attached hydrogens (tertiary/aromatic N) is 3. The minimum atomic E-state index is -0.641. The highest BCUT2D eigenvalue weighted by Crippen LogP contribution is 2.28. The number of ether oxygens (including phenoxy) is 2. The van der Waals surface area contributed by atoms with Gasteiger partial charge >= 0.3 is 6.09 Å². The van der Waals surface area contributed by atoms with Crippen LogP contribution in [0, 0.1) is 6.92 Å². The van der Waals surface area contributed by atoms with Gasteiger partial charge in [-0.1, -0.05) is 30.3 Å². The summed E-state index contributed by atoms with van der Waals surface area (Å²) in [5.41, 5.74) is 2.63. The number of carbonyl (C=O) groups is 3. The molecule has 192 valence electrons. The fourth-order valence-electron chi connectivity index (χ4n) is 4.69. The predicted octanol–water partition coefficient (Wildman–Crippen LogP) is 3.28. The number of para-hydroxylation sites is 3. The number of likely N-dealkylation sites (tertiary alicyclic amines) is 1. The number of hydrogen-bond donors (Lipinski definition) is 1. The van der Waals surface area contributed by atoms with Crippen molar-refractivity contribution in [3.05, 3.63) is 54.1 Å². The molecule has 0 aromatic heterocycles. The first-order valence-electron chi connectivity index (χ1n) is 12.4. The first kappa shape index (κ1) is 25.5. The van der Waals surface area contributed by atoms with E-state index in [-0.39, 0.29) is 18.4 Å². The molecule has 4 rings (SSSR count). The van der Waals surface area contributed by atoms with Gasteiger partial charge in [-0.3, -0.25) is 24.7 Å². The molecule has 2 heterocycles. The Labute approximate surface area is 211 Å². The molecule has 2 aliphatic rings. The monoisotopic (exact) mass is 494 g/mol. The molecule has 0 aliphatic carbocycles. The lowest BCUT2D eigenvalue weighted by Crippen LogP contribution is -2.52. The van der Waals surface area contributed by atoms with Crippen LogP contribution in [0.5, 0.6) is 5.75 Å². The zero-order valence-corrected chi connectivity index (χ0v) is 20.9. The number of methoxy groups -OCH3 is 1. The third-order valence-electron chi connectivity index (χ3n) is 6.69. The van der Waals surface area contributed by atoms with E-state index in [2.05, 4.69) is 15.1 Å². The van der Waals surface area contributed by atoms with Crippen molar-refractivity contribution in [1.82, 2.24) is 9.80 Å². The number of carbonyl (C=O) groups excluding carboxylic acids is 3. The Morgan fingerprint density at radius 1 is 0.944 bits per heavy atom. The summed E-state index contributed by atoms with van der Waals surface area (Å²) in [5.74, 6) is 0.419. The number of benzene rings is 2. The minimum absolute atomic E-state index is 0.0611. The average molecular weight is 495 g/mol. The summed E-state index contributed by atoms with van der Waals surface area (Å²) in [6.07, 6.45) is 0.00613. The number of amides is 3. The van der Waals surface area contributed by atoms with E-state index in [9.17, 15) is 14.4 Å². The smallest absolute Gasteiger partial charge is 0.412 e. The normalized spacial score (nSPS) is 17.6. The summed E-state index contributed by atoms with van der Waals surface area (Å²) < 4.78 is 11.3. The number of piperidine rings is 1. The molecule has 0 saturated carbocycles. The number of aryl methyl sites for hydroxylation is 1. The van der Waals surface area contributed by atoms with Crippen LogP contribution in [0.1, 0.15) is 24.8 Å². The number of nitrogens with one attached hydrogen (secondary N) is 1. The van der Waals surface area contributed by atoms with Gasteiger partial charge in [0.1, 0.15) is 11.9 Å². The van der Waals surface area contributed by atoms with Crippen molar-refractivity contribution in [2.24, 2.45) is 0 Å². The van der Waals surface area contributed by atoms with Gasteiger partial charge in [0.2, 0.25) is 11.8 Å². The molecule has 3 amide bonds. The highest BCUT2D eigenvalue weighted by molar-refractivity contribution is 5.97. The maximum atomic E-state index is 12.8. The van der Waals surface area contributed by atoms with E-state index in [0.29, 0.717) is 31.5 Å². The first-order chi connectivity index (χ1) is 17.4. The van der Waals surface area contributed by atoms with E-state index in [4.69, 9.17) is 9.47 Å². The topological polar surface area (TPSA) is 91.4 Å². The third-order valence-corrected chi connectivity index (χ3v) is 6.69. The van der Waals surface area contributed by atoms with Crippen molar-refractivity contribution in [3.63, 3.8) is 0 Å². The van der Waals surface area contributed by atoms with Crippen molar-refractivity contribution < 1.29 is 23.9 Å². The van der Waals surface area contributed by atoms with E-state index in [0.717, 1.165) is 43.2 Å². The Balaban J connectivity index is 1.41. The van der Waals surface area contributed by atoms with Gasteiger partial charge in [0, 0.05) is 51.3 Å². The standard InChI is InChI=1S/C27H34N4O5/c1-20-8-3-4-9-22(20)28-27(34)36-21(19-31-25(32)12-7-13-26(31)33)18-29-14-16-30(17-15-29)23-10-5-6-11-24(23)35-2/h3-6,8-11,21H,7,12-19H2,1-2H3,(H,28,34). The van der Waals surface area contributed by atoms with Crippen molar-refractivity contribution in [1.29, 1.82) is 0 Å². The van der Waals surface area contributed by atoms with E-state index in [1.165, 1.54) is 4.90 Å². The molecule has 0 bridgehead atoms. The largest absolute Gasteiger partial charge is 0.495 e. The quantitative estimate of drug-likeness (QED) is 0.563. The lowest BCUT2D eigenvalue weighted by molar-refractivity contribution is -0.149. The number of anilines is 2. The summed E-state index contributed by atoms with van der Waals surface area (Å²) in [4.78, 5) is 43.4. The molecular formula is C27H34N4O5. The van der Waals surface area contributed by atoms with E-state index < -0.39 is 12.2 Å². The molecule has 9 heteroatoms. The van der Waals surface area contributed by atoms with Crippen LogP contribution in [0.15, 0.2) is 48.5 Å². The van der Waals surface area contributed by atoms with Gasteiger partial charge in [0.05, 0.1) is 19.3 Å². The molecule has 2 aliphatic heterocycles. The van der Waals surface area contributed by atoms with Crippen LogP contribution in [0.2, 0.25) is 0 Å². The summed E-state index contributed by atoms with van der Waals surface area (Å²) in [6.45, 7) is 5.45. The second kappa shape index (κ2) is 11.9. The van der Waals surface area contributed by atoms with Gasteiger partial charge in [-0.15, -0.1) is 0 Å². The van der Waals surface area contributed by atoms with Gasteiger partial charge in [-0.05, 0) is 37.1 Å². The van der Waals surface area contributed by atoms with Crippen molar-refractivity contribution in [3.8, 4) is 5.75 Å². The summed E-state index contributed by atoms with van der Waals surface area (Å²) >= 11 is 0. The SMILES string of the molecule is COc1ccccc1N1CCN(CC(CN2C(=O)CCCC2=O)OC(=O)Nc2ccccc2C)CC1. The van der Waals surface area contributed by atoms with Gasteiger partial charge < -0.3 is 14.4 Å². The highest BCUT2D eigenvalue weighted by Gasteiger charge is 2.31. The lowest BCUT2D eigenvalue weighted by Gasteiger charge is -2.38. The molecule has 2 aromatic rings. The zero-order chi connectivity index (χ0) is 25.5. The van der Waals surface area contributed by atoms with Crippen LogP contribution in [0.3, 0.4) is 0 Å². The Bertz CT molecular complexity index is 1070. The van der Waals surface area contributed by atoms with Crippen LogP contribution < -0.4 is 15.0 Å². The molecule has 0 spiro atoms. The molecule has 2 fully saturated rings. The average Bonchev–Trinajstić information content (AvgIpc) is 2.88. The van der Waals surface area contributed by atoms with Crippen LogP contribution in [0.4, 0.5) is 16.2 Å². The molecule has 1 unspecified atom stereocenters. The zero-order valence-electron chi connectivity index (χ0n) is 20.9. The van der Waals surface area contributed by atoms with Crippen LogP contribution in [-0.4, -0.2) is 80.2 Å². The molecule has 1 N–H and O–H groups in total. The number of rotatable bonds is 8. The molecule has 9 nitrogen and oxygen atoms in total. The van der Waals surface area contributed by atoms with Gasteiger partial charge in [0.25, 0.3) is 0 Å². The Hall–Kier alpha value is -3.59. The Morgan fingerprint density at radius 3 is 2.31 bits per heavy atom. The Kier molecular flexibility index (Phi) is 8.43. The van der Waals surface area contributed by atoms with Crippen LogP contribution >= 0.6 is 0 Å². The molecule has 2 saturated heterocycles. The van der Waals surface area contributed by atoms with E-state index >= 15 is 0 Å². The van der Waals surface area contributed by atoms with Gasteiger partial charge in [-0.2, -0.15) is 0 Å². The van der Waals surface area contributed by atoms with E-state index in [1.54, 1.807) is 13.2 Å². The predicted molar refractivity (Wildman–Crippen MR) is 137 cm³/mol. The second-order valence-electron chi connectivity index (χ2n) is 9.18. The van der Waals surface area contributed by atoms with Crippen molar-refractivity contribution in [2.75, 3.05) is 56.6 Å². The fourth-order valence-corrected chi connectivity index (χ4v) is 4.69. The van der Waals surface area contributed by atoms with E-state index in [1.807, 2.05) is 49.4 Å². The minimum Gasteiger partial charge on any atom is -0.495 e. The number of hydrogen-bond acceptors (Lipinski definition) is 7. The third kappa shape index (κ3) is 6.34. The highest BCUT2D eigenvalue weighted by atomic mass is 16.6. The van der Waals surface area contributed by atoms with Crippen LogP contribution in [0.25, 0.3) is 0 Å². The molecule has 2 aromatic carbocycles. The molecule has 36 heavy (non-hydrogen) atoms. The van der Waals surface area contributed by atoms with Crippen LogP contribution in [-0.2, 0) is 14.3 Å². The Morgan fingerprint density at radius 2 is 1.61 bits per heavy atom. The van der Waals surface area contributed by atoms with Crippen molar-refractivity contribution in [2.45, 2.75) is 32.3 Å². The summed E-state index contributed by atoms with van der Waals surface area (Å²) in [6, 6.07) is 15.4. The fraction of sp³-hybridized carbons (Fsp3) is 0.444. The number of piperazine rings is 1. The molecule has 0 radical (unpaired) electrons. The summed E-state index contributed by atoms with van der Waals surface area (Å²) in [5, 5.41) is 2.79. The van der Waals surface area contributed by atoms with Gasteiger partial charge in [0.15, 0.2) is 0 Å². The molecular weight excluding hydrogens is 460 g/mol. The maximum absolute atomic E-state index is 12.8. The first-order valence-corrected chi connectivity index (χ1v) is 12.4.